The number of urea groups is 1. The van der Waals surface area contributed by atoms with Crippen molar-refractivity contribution < 1.29 is 14.3 Å². The van der Waals surface area contributed by atoms with Gasteiger partial charge in [0.05, 0.1) is 24.2 Å². The van der Waals surface area contributed by atoms with Gasteiger partial charge in [0.25, 0.3) is 0 Å². The van der Waals surface area contributed by atoms with Crippen molar-refractivity contribution in [3.05, 3.63) is 53.9 Å². The lowest BCUT2D eigenvalue weighted by molar-refractivity contribution is 0.0525. The Bertz CT molecular complexity index is 1120. The number of likely N-dealkylation sites (tertiary alicyclic amines) is 1. The molecule has 3 aromatic rings. The lowest BCUT2D eigenvalue weighted by Crippen LogP contribution is -2.42. The average Bonchev–Trinajstić information content (AvgIpc) is 3.39. The molecule has 0 bridgehead atoms. The fraction of sp³-hybridized carbons (Fsp3) is 0.409. The zero-order valence-corrected chi connectivity index (χ0v) is 18.5. The summed E-state index contributed by atoms with van der Waals surface area (Å²) in [5, 5.41) is 15.5. The minimum Gasteiger partial charge on any atom is -0.462 e. The molecule has 10 nitrogen and oxygen atoms in total. The number of hydrogen-bond acceptors (Lipinski definition) is 6. The number of carbonyl (C=O) groups excluding carboxylic acids is 2. The number of aromatic nitrogens is 5. The molecule has 1 aliphatic heterocycles. The Morgan fingerprint density at radius 1 is 1.31 bits per heavy atom. The van der Waals surface area contributed by atoms with Crippen molar-refractivity contribution in [1.29, 1.82) is 0 Å². The molecule has 4 rings (SSSR count). The third kappa shape index (κ3) is 4.34. The predicted molar refractivity (Wildman–Crippen MR) is 118 cm³/mol. The molecule has 32 heavy (non-hydrogen) atoms. The van der Waals surface area contributed by atoms with E-state index < -0.39 is 5.97 Å². The monoisotopic (exact) mass is 437 g/mol. The number of nitrogens with one attached hydrogen (secondary N) is 1. The largest absolute Gasteiger partial charge is 0.462 e. The van der Waals surface area contributed by atoms with Crippen molar-refractivity contribution >= 4 is 17.7 Å². The number of benzene rings is 1. The Morgan fingerprint density at radius 2 is 2.16 bits per heavy atom. The van der Waals surface area contributed by atoms with Crippen LogP contribution in [0.1, 0.15) is 47.6 Å². The van der Waals surface area contributed by atoms with Gasteiger partial charge in [-0.15, -0.1) is 10.2 Å². The van der Waals surface area contributed by atoms with E-state index in [2.05, 4.69) is 20.6 Å². The molecule has 3 heterocycles. The molecule has 0 aliphatic carbocycles. The molecule has 1 fully saturated rings. The van der Waals surface area contributed by atoms with Crippen molar-refractivity contribution in [3.8, 4) is 5.69 Å². The highest BCUT2D eigenvalue weighted by atomic mass is 16.5. The van der Waals surface area contributed by atoms with E-state index in [1.165, 1.54) is 6.20 Å². The maximum atomic E-state index is 12.9. The smallest absolute Gasteiger partial charge is 0.341 e. The van der Waals surface area contributed by atoms with Gasteiger partial charge in [0.2, 0.25) is 0 Å². The first-order valence-corrected chi connectivity index (χ1v) is 10.7. The van der Waals surface area contributed by atoms with E-state index in [0.717, 1.165) is 24.4 Å². The second kappa shape index (κ2) is 9.21. The molecule has 0 saturated carbocycles. The maximum absolute atomic E-state index is 12.9. The highest BCUT2D eigenvalue weighted by Crippen LogP contribution is 2.26. The van der Waals surface area contributed by atoms with Gasteiger partial charge in [-0.2, -0.15) is 5.10 Å². The number of piperidine rings is 1. The van der Waals surface area contributed by atoms with Gasteiger partial charge in [-0.05, 0) is 44.9 Å². The van der Waals surface area contributed by atoms with Gasteiger partial charge in [-0.3, -0.25) is 0 Å². The van der Waals surface area contributed by atoms with E-state index in [1.54, 1.807) is 17.9 Å². The summed E-state index contributed by atoms with van der Waals surface area (Å²) in [6.07, 6.45) is 5.07. The summed E-state index contributed by atoms with van der Waals surface area (Å²) in [6.45, 7) is 5.17. The van der Waals surface area contributed by atoms with Crippen LogP contribution in [-0.2, 0) is 11.8 Å². The SMILES string of the molecule is CCOC(=O)c1cnn(-c2cccc(NC(=O)N3CCCC(c4nncn4C)C3)c2)c1C. The minimum absolute atomic E-state index is 0.154. The van der Waals surface area contributed by atoms with Gasteiger partial charge in [-0.1, -0.05) is 6.07 Å². The lowest BCUT2D eigenvalue weighted by atomic mass is 9.97. The summed E-state index contributed by atoms with van der Waals surface area (Å²) >= 11 is 0. The van der Waals surface area contributed by atoms with Crippen LogP contribution in [0.25, 0.3) is 5.69 Å². The standard InChI is InChI=1S/C22H27N7O3/c1-4-32-21(30)19-12-24-29(15(19)2)18-9-5-8-17(11-18)25-22(31)28-10-6-7-16(13-28)20-26-23-14-27(20)3/h5,8-9,11-12,14,16H,4,6-7,10,13H2,1-3H3,(H,25,31). The number of nitrogens with zero attached hydrogens (tertiary/aromatic N) is 6. The topological polar surface area (TPSA) is 107 Å². The van der Waals surface area contributed by atoms with Crippen molar-refractivity contribution in [1.82, 2.24) is 29.4 Å². The normalized spacial score (nSPS) is 16.1. The minimum atomic E-state index is -0.400. The van der Waals surface area contributed by atoms with Crippen LogP contribution in [0.2, 0.25) is 0 Å². The Morgan fingerprint density at radius 3 is 2.91 bits per heavy atom. The summed E-state index contributed by atoms with van der Waals surface area (Å²) in [4.78, 5) is 26.8. The van der Waals surface area contributed by atoms with Crippen LogP contribution in [0.5, 0.6) is 0 Å². The number of aryl methyl sites for hydroxylation is 1. The second-order valence-corrected chi connectivity index (χ2v) is 7.84. The van der Waals surface area contributed by atoms with Crippen molar-refractivity contribution in [2.45, 2.75) is 32.6 Å². The maximum Gasteiger partial charge on any atom is 0.341 e. The van der Waals surface area contributed by atoms with Crippen molar-refractivity contribution in [2.75, 3.05) is 25.0 Å². The van der Waals surface area contributed by atoms with E-state index >= 15 is 0 Å². The zero-order valence-electron chi connectivity index (χ0n) is 18.5. The first-order valence-electron chi connectivity index (χ1n) is 10.7. The summed E-state index contributed by atoms with van der Waals surface area (Å²) in [5.74, 6) is 0.667. The van der Waals surface area contributed by atoms with Gasteiger partial charge in [0.1, 0.15) is 17.7 Å². The fourth-order valence-electron chi connectivity index (χ4n) is 4.03. The summed E-state index contributed by atoms with van der Waals surface area (Å²) in [5.41, 5.74) is 2.49. The first-order chi connectivity index (χ1) is 15.5. The molecule has 1 aliphatic rings. The average molecular weight is 438 g/mol. The molecule has 1 atom stereocenters. The first kappa shape index (κ1) is 21.5. The Labute approximate surface area is 186 Å². The predicted octanol–water partition coefficient (Wildman–Crippen LogP) is 2.90. The van der Waals surface area contributed by atoms with Gasteiger partial charge in [0, 0.05) is 31.7 Å². The van der Waals surface area contributed by atoms with Gasteiger partial charge in [0.15, 0.2) is 0 Å². The quantitative estimate of drug-likeness (QED) is 0.615. The molecule has 1 saturated heterocycles. The van der Waals surface area contributed by atoms with Crippen LogP contribution in [0.3, 0.4) is 0 Å². The van der Waals surface area contributed by atoms with E-state index in [0.29, 0.717) is 36.6 Å². The number of hydrogen-bond donors (Lipinski definition) is 1. The summed E-state index contributed by atoms with van der Waals surface area (Å²) in [7, 11) is 1.92. The number of carbonyl (C=O) groups is 2. The lowest BCUT2D eigenvalue weighted by Gasteiger charge is -2.32. The molecular formula is C22H27N7O3. The summed E-state index contributed by atoms with van der Waals surface area (Å²) in [6, 6.07) is 7.22. The third-order valence-corrected chi connectivity index (χ3v) is 5.67. The van der Waals surface area contributed by atoms with Crippen molar-refractivity contribution in [3.63, 3.8) is 0 Å². The van der Waals surface area contributed by atoms with Gasteiger partial charge < -0.3 is 19.5 Å². The second-order valence-electron chi connectivity index (χ2n) is 7.84. The van der Waals surface area contributed by atoms with E-state index in [4.69, 9.17) is 4.74 Å². The van der Waals surface area contributed by atoms with E-state index in [-0.39, 0.29) is 11.9 Å². The highest BCUT2D eigenvalue weighted by Gasteiger charge is 2.27. The molecule has 1 aromatic carbocycles. The zero-order chi connectivity index (χ0) is 22.7. The van der Waals surface area contributed by atoms with Crippen LogP contribution >= 0.6 is 0 Å². The number of rotatable bonds is 5. The number of anilines is 1. The van der Waals surface area contributed by atoms with E-state index in [9.17, 15) is 9.59 Å². The van der Waals surface area contributed by atoms with Crippen LogP contribution in [0, 0.1) is 6.92 Å². The fourth-order valence-corrected chi connectivity index (χ4v) is 4.03. The molecule has 168 valence electrons. The number of amides is 2. The van der Waals surface area contributed by atoms with Crippen LogP contribution in [0.4, 0.5) is 10.5 Å². The third-order valence-electron chi connectivity index (χ3n) is 5.67. The Balaban J connectivity index is 1.47. The molecule has 2 amide bonds. The van der Waals surface area contributed by atoms with Crippen LogP contribution in [-0.4, -0.2) is 61.1 Å². The molecule has 1 N–H and O–H groups in total. The van der Waals surface area contributed by atoms with Crippen LogP contribution < -0.4 is 5.32 Å². The summed E-state index contributed by atoms with van der Waals surface area (Å²) < 4.78 is 8.65. The van der Waals surface area contributed by atoms with Gasteiger partial charge >= 0.3 is 12.0 Å². The van der Waals surface area contributed by atoms with Crippen molar-refractivity contribution in [2.24, 2.45) is 7.05 Å². The molecule has 0 radical (unpaired) electrons. The van der Waals surface area contributed by atoms with Gasteiger partial charge in [-0.25, -0.2) is 14.3 Å². The molecule has 2 aromatic heterocycles. The van der Waals surface area contributed by atoms with E-state index in [1.807, 2.05) is 47.7 Å². The van der Waals surface area contributed by atoms with Crippen LogP contribution in [0.15, 0.2) is 36.8 Å². The number of esters is 1. The Hall–Kier alpha value is -3.69. The molecular weight excluding hydrogens is 410 g/mol. The molecule has 10 heteroatoms. The highest BCUT2D eigenvalue weighted by molar-refractivity contribution is 5.91. The Kier molecular flexibility index (Phi) is 6.20. The molecule has 0 spiro atoms. The molecule has 1 unspecified atom stereocenters. The number of ether oxygens (including phenoxy) is 1.